The van der Waals surface area contributed by atoms with Crippen LogP contribution in [0.1, 0.15) is 21.5 Å². The Morgan fingerprint density at radius 1 is 1.08 bits per heavy atom. The molecule has 122 valence electrons. The third-order valence-corrected chi connectivity index (χ3v) is 4.62. The molecule has 5 heteroatoms. The number of benzene rings is 2. The summed E-state index contributed by atoms with van der Waals surface area (Å²) >= 11 is 6.11. The predicted molar refractivity (Wildman–Crippen MR) is 95.5 cm³/mol. The zero-order valence-electron chi connectivity index (χ0n) is 13.5. The Kier molecular flexibility index (Phi) is 4.73. The van der Waals surface area contributed by atoms with E-state index in [9.17, 15) is 4.79 Å². The number of amides is 1. The lowest BCUT2D eigenvalue weighted by Gasteiger charge is -2.36. The highest BCUT2D eigenvalue weighted by Crippen LogP contribution is 2.24. The van der Waals surface area contributed by atoms with Crippen molar-refractivity contribution in [1.82, 2.24) is 4.90 Å². The van der Waals surface area contributed by atoms with E-state index < -0.39 is 0 Å². The first kappa shape index (κ1) is 16.4. The van der Waals surface area contributed by atoms with Crippen LogP contribution in [0.15, 0.2) is 42.5 Å². The van der Waals surface area contributed by atoms with E-state index in [1.807, 2.05) is 48.2 Å². The topological polar surface area (TPSA) is 47.3 Å². The molecule has 0 N–H and O–H groups in total. The molecule has 2 aromatic carbocycles. The summed E-state index contributed by atoms with van der Waals surface area (Å²) in [7, 11) is 0. The molecule has 1 heterocycles. The number of hydrogen-bond acceptors (Lipinski definition) is 3. The lowest BCUT2D eigenvalue weighted by Crippen LogP contribution is -2.48. The molecule has 0 unspecified atom stereocenters. The van der Waals surface area contributed by atoms with Gasteiger partial charge in [-0.25, -0.2) is 0 Å². The van der Waals surface area contributed by atoms with Gasteiger partial charge in [-0.05, 0) is 37.3 Å². The highest BCUT2D eigenvalue weighted by atomic mass is 35.5. The standard InChI is InChI=1S/C19H18ClN3O/c1-14-2-4-15(5-3-14)19(24)23-10-8-22(9-11-23)17-7-6-16(13-21)18(20)12-17/h2-7,12H,8-11H2,1H3. The van der Waals surface area contributed by atoms with Crippen molar-refractivity contribution < 1.29 is 4.79 Å². The molecular weight excluding hydrogens is 322 g/mol. The van der Waals surface area contributed by atoms with Crippen molar-refractivity contribution in [3.05, 3.63) is 64.2 Å². The monoisotopic (exact) mass is 339 g/mol. The van der Waals surface area contributed by atoms with Gasteiger partial charge in [-0.3, -0.25) is 4.79 Å². The molecule has 1 amide bonds. The van der Waals surface area contributed by atoms with Crippen LogP contribution in [0.25, 0.3) is 0 Å². The smallest absolute Gasteiger partial charge is 0.253 e. The fourth-order valence-electron chi connectivity index (χ4n) is 2.84. The maximum absolute atomic E-state index is 12.5. The van der Waals surface area contributed by atoms with Gasteiger partial charge in [-0.15, -0.1) is 0 Å². The minimum atomic E-state index is 0.0764. The van der Waals surface area contributed by atoms with Crippen LogP contribution in [0.5, 0.6) is 0 Å². The number of anilines is 1. The second-order valence-corrected chi connectivity index (χ2v) is 6.33. The van der Waals surface area contributed by atoms with Crippen LogP contribution in [0, 0.1) is 18.3 Å². The van der Waals surface area contributed by atoms with Crippen LogP contribution in [0.3, 0.4) is 0 Å². The number of halogens is 1. The van der Waals surface area contributed by atoms with E-state index in [0.29, 0.717) is 23.7 Å². The van der Waals surface area contributed by atoms with Gasteiger partial charge in [-0.1, -0.05) is 29.3 Å². The molecule has 0 aliphatic carbocycles. The van der Waals surface area contributed by atoms with Gasteiger partial charge in [-0.2, -0.15) is 5.26 Å². The van der Waals surface area contributed by atoms with Crippen LogP contribution >= 0.6 is 11.6 Å². The molecule has 0 saturated carbocycles. The summed E-state index contributed by atoms with van der Waals surface area (Å²) in [4.78, 5) is 16.6. The second kappa shape index (κ2) is 6.94. The van der Waals surface area contributed by atoms with Crippen LogP contribution in [-0.2, 0) is 0 Å². The Labute approximate surface area is 146 Å². The number of carbonyl (C=O) groups is 1. The molecule has 4 nitrogen and oxygen atoms in total. The Balaban J connectivity index is 1.65. The quantitative estimate of drug-likeness (QED) is 0.841. The molecule has 1 saturated heterocycles. The number of hydrogen-bond donors (Lipinski definition) is 0. The van der Waals surface area contributed by atoms with E-state index in [0.717, 1.165) is 29.9 Å². The number of aryl methyl sites for hydroxylation is 1. The van der Waals surface area contributed by atoms with E-state index in [2.05, 4.69) is 11.0 Å². The fourth-order valence-corrected chi connectivity index (χ4v) is 3.05. The largest absolute Gasteiger partial charge is 0.368 e. The average molecular weight is 340 g/mol. The van der Waals surface area contributed by atoms with Crippen molar-refractivity contribution in [2.45, 2.75) is 6.92 Å². The molecule has 24 heavy (non-hydrogen) atoms. The lowest BCUT2D eigenvalue weighted by atomic mass is 10.1. The third kappa shape index (κ3) is 3.37. The number of piperazine rings is 1. The fraction of sp³-hybridized carbons (Fsp3) is 0.263. The molecule has 0 radical (unpaired) electrons. The molecule has 0 atom stereocenters. The molecule has 0 bridgehead atoms. The first-order valence-electron chi connectivity index (χ1n) is 7.89. The summed E-state index contributed by atoms with van der Waals surface area (Å²) in [5, 5.41) is 9.41. The van der Waals surface area contributed by atoms with Gasteiger partial charge >= 0.3 is 0 Å². The Hall–Kier alpha value is -2.51. The van der Waals surface area contributed by atoms with Gasteiger partial charge in [0.1, 0.15) is 6.07 Å². The number of nitrogens with zero attached hydrogens (tertiary/aromatic N) is 3. The van der Waals surface area contributed by atoms with E-state index in [-0.39, 0.29) is 5.91 Å². The van der Waals surface area contributed by atoms with Gasteiger partial charge < -0.3 is 9.80 Å². The Bertz CT molecular complexity index is 787. The number of carbonyl (C=O) groups excluding carboxylic acids is 1. The lowest BCUT2D eigenvalue weighted by molar-refractivity contribution is 0.0747. The first-order chi connectivity index (χ1) is 11.6. The predicted octanol–water partition coefficient (Wildman–Crippen LogP) is 3.48. The Morgan fingerprint density at radius 2 is 1.75 bits per heavy atom. The summed E-state index contributed by atoms with van der Waals surface area (Å²) in [6.45, 7) is 4.85. The SMILES string of the molecule is Cc1ccc(C(=O)N2CCN(c3ccc(C#N)c(Cl)c3)CC2)cc1. The molecule has 0 spiro atoms. The summed E-state index contributed by atoms with van der Waals surface area (Å²) in [6, 6.07) is 15.2. The van der Waals surface area contributed by atoms with Gasteiger partial charge in [0, 0.05) is 37.4 Å². The van der Waals surface area contributed by atoms with Crippen LogP contribution < -0.4 is 4.90 Å². The summed E-state index contributed by atoms with van der Waals surface area (Å²) in [6.07, 6.45) is 0. The van der Waals surface area contributed by atoms with E-state index in [1.165, 1.54) is 0 Å². The van der Waals surface area contributed by atoms with E-state index in [1.54, 1.807) is 6.07 Å². The average Bonchev–Trinajstić information content (AvgIpc) is 2.62. The Morgan fingerprint density at radius 3 is 2.33 bits per heavy atom. The van der Waals surface area contributed by atoms with Crippen LogP contribution in [-0.4, -0.2) is 37.0 Å². The minimum Gasteiger partial charge on any atom is -0.368 e. The highest BCUT2D eigenvalue weighted by molar-refractivity contribution is 6.32. The van der Waals surface area contributed by atoms with Crippen molar-refractivity contribution in [2.24, 2.45) is 0 Å². The molecule has 1 aliphatic rings. The first-order valence-corrected chi connectivity index (χ1v) is 8.27. The molecule has 3 rings (SSSR count). The van der Waals surface area contributed by atoms with Crippen LogP contribution in [0.2, 0.25) is 5.02 Å². The maximum atomic E-state index is 12.5. The normalized spacial score (nSPS) is 14.4. The minimum absolute atomic E-state index is 0.0764. The molecule has 1 aliphatic heterocycles. The third-order valence-electron chi connectivity index (χ3n) is 4.30. The second-order valence-electron chi connectivity index (χ2n) is 5.92. The van der Waals surface area contributed by atoms with Crippen molar-refractivity contribution >= 4 is 23.2 Å². The van der Waals surface area contributed by atoms with Crippen molar-refractivity contribution in [1.29, 1.82) is 5.26 Å². The summed E-state index contributed by atoms with van der Waals surface area (Å²) in [5.41, 5.74) is 3.35. The van der Waals surface area contributed by atoms with Crippen LogP contribution in [0.4, 0.5) is 5.69 Å². The highest BCUT2D eigenvalue weighted by Gasteiger charge is 2.22. The van der Waals surface area contributed by atoms with Crippen molar-refractivity contribution in [2.75, 3.05) is 31.1 Å². The summed E-state index contributed by atoms with van der Waals surface area (Å²) < 4.78 is 0. The number of rotatable bonds is 2. The van der Waals surface area contributed by atoms with E-state index >= 15 is 0 Å². The van der Waals surface area contributed by atoms with Gasteiger partial charge in [0.15, 0.2) is 0 Å². The zero-order valence-corrected chi connectivity index (χ0v) is 14.3. The molecule has 1 fully saturated rings. The van der Waals surface area contributed by atoms with Gasteiger partial charge in [0.05, 0.1) is 10.6 Å². The van der Waals surface area contributed by atoms with Gasteiger partial charge in [0.2, 0.25) is 0 Å². The summed E-state index contributed by atoms with van der Waals surface area (Å²) in [5.74, 6) is 0.0764. The maximum Gasteiger partial charge on any atom is 0.253 e. The molecule has 2 aromatic rings. The number of nitriles is 1. The molecular formula is C19H18ClN3O. The van der Waals surface area contributed by atoms with Crippen molar-refractivity contribution in [3.8, 4) is 6.07 Å². The van der Waals surface area contributed by atoms with Crippen molar-refractivity contribution in [3.63, 3.8) is 0 Å². The van der Waals surface area contributed by atoms with Gasteiger partial charge in [0.25, 0.3) is 5.91 Å². The zero-order chi connectivity index (χ0) is 17.1. The molecule has 0 aromatic heterocycles. The van der Waals surface area contributed by atoms with E-state index in [4.69, 9.17) is 16.9 Å².